The van der Waals surface area contributed by atoms with Gasteiger partial charge in [0.15, 0.2) is 5.76 Å². The van der Waals surface area contributed by atoms with E-state index in [0.717, 1.165) is 63.6 Å². The van der Waals surface area contributed by atoms with Crippen molar-refractivity contribution in [3.63, 3.8) is 0 Å². The van der Waals surface area contributed by atoms with E-state index in [1.807, 2.05) is 23.1 Å². The van der Waals surface area contributed by atoms with Gasteiger partial charge in [0.1, 0.15) is 5.75 Å². The second-order valence-electron chi connectivity index (χ2n) is 9.19. The Labute approximate surface area is 178 Å². The first-order chi connectivity index (χ1) is 14.7. The quantitative estimate of drug-likeness (QED) is 0.711. The number of β-amino-alcohol motifs (C(OH)–C–C–N with tert-alkyl or cyclic N) is 1. The molecule has 30 heavy (non-hydrogen) atoms. The van der Waals surface area contributed by atoms with Gasteiger partial charge in [0.25, 0.3) is 5.91 Å². The predicted molar refractivity (Wildman–Crippen MR) is 113 cm³/mol. The minimum Gasteiger partial charge on any atom is -0.452 e. The maximum Gasteiger partial charge on any atom is 0.289 e. The number of ether oxygens (including phenoxy) is 2. The number of rotatable bonds is 8. The highest BCUT2D eigenvalue weighted by molar-refractivity contribution is 5.94. The third kappa shape index (κ3) is 4.56. The monoisotopic (exact) mass is 412 g/mol. The Balaban J connectivity index is 1.04. The summed E-state index contributed by atoms with van der Waals surface area (Å²) < 4.78 is 11.9. The minimum atomic E-state index is -0.150. The van der Waals surface area contributed by atoms with Crippen molar-refractivity contribution in [2.45, 2.75) is 62.7 Å². The molecule has 0 unspecified atom stereocenters. The molecule has 0 radical (unpaired) electrons. The summed E-state index contributed by atoms with van der Waals surface area (Å²) in [6, 6.07) is 8.48. The van der Waals surface area contributed by atoms with E-state index in [9.17, 15) is 9.90 Å². The van der Waals surface area contributed by atoms with Crippen LogP contribution >= 0.6 is 0 Å². The van der Waals surface area contributed by atoms with Crippen LogP contribution in [-0.4, -0.2) is 71.8 Å². The summed E-state index contributed by atoms with van der Waals surface area (Å²) in [5.41, 5.74) is 1.37. The maximum atomic E-state index is 12.9. The van der Waals surface area contributed by atoms with E-state index in [1.54, 1.807) is 0 Å². The molecule has 6 nitrogen and oxygen atoms in total. The summed E-state index contributed by atoms with van der Waals surface area (Å²) in [6.45, 7) is 3.81. The highest BCUT2D eigenvalue weighted by atomic mass is 16.5. The molecule has 1 aromatic carbocycles. The SMILES string of the molecule is O=C1C(Oc2ccc(C3CC3)cc2)=CCN1C1CCC(OCCN2CC(O)C2)CC1. The number of nitrogens with zero attached hydrogens (tertiary/aromatic N) is 2. The fraction of sp³-hybridized carbons (Fsp3) is 0.625. The van der Waals surface area contributed by atoms with E-state index in [2.05, 4.69) is 17.0 Å². The van der Waals surface area contributed by atoms with Crippen molar-refractivity contribution in [3.8, 4) is 5.75 Å². The number of hydrogen-bond donors (Lipinski definition) is 1. The summed E-state index contributed by atoms with van der Waals surface area (Å²) in [6.07, 6.45) is 8.59. The number of carbonyl (C=O) groups excluding carboxylic acids is 1. The molecule has 0 spiro atoms. The van der Waals surface area contributed by atoms with E-state index in [0.29, 0.717) is 18.4 Å². The Bertz CT molecular complexity index is 775. The first-order valence-corrected chi connectivity index (χ1v) is 11.5. The van der Waals surface area contributed by atoms with Gasteiger partial charge in [-0.05, 0) is 68.2 Å². The molecule has 0 aromatic heterocycles. The van der Waals surface area contributed by atoms with Crippen LogP contribution in [0.5, 0.6) is 5.75 Å². The molecule has 0 bridgehead atoms. The van der Waals surface area contributed by atoms with Gasteiger partial charge in [-0.3, -0.25) is 9.69 Å². The van der Waals surface area contributed by atoms with Crippen LogP contribution in [0.2, 0.25) is 0 Å². The van der Waals surface area contributed by atoms with E-state index in [4.69, 9.17) is 9.47 Å². The highest BCUT2D eigenvalue weighted by Gasteiger charge is 2.34. The Morgan fingerprint density at radius 1 is 1.00 bits per heavy atom. The van der Waals surface area contributed by atoms with Gasteiger partial charge in [-0.2, -0.15) is 0 Å². The van der Waals surface area contributed by atoms with Gasteiger partial charge in [0, 0.05) is 32.2 Å². The van der Waals surface area contributed by atoms with Crippen LogP contribution in [0.3, 0.4) is 0 Å². The van der Waals surface area contributed by atoms with Gasteiger partial charge in [0.05, 0.1) is 18.8 Å². The van der Waals surface area contributed by atoms with Gasteiger partial charge >= 0.3 is 0 Å². The molecule has 1 amide bonds. The van der Waals surface area contributed by atoms with Crippen molar-refractivity contribution in [1.29, 1.82) is 0 Å². The molecule has 1 saturated heterocycles. The van der Waals surface area contributed by atoms with Gasteiger partial charge in [-0.1, -0.05) is 12.1 Å². The molecule has 0 atom stereocenters. The second-order valence-corrected chi connectivity index (χ2v) is 9.19. The average molecular weight is 413 g/mol. The van der Waals surface area contributed by atoms with Crippen LogP contribution < -0.4 is 4.74 Å². The number of aliphatic hydroxyl groups is 1. The summed E-state index contributed by atoms with van der Waals surface area (Å²) in [7, 11) is 0. The highest BCUT2D eigenvalue weighted by Crippen LogP contribution is 2.40. The summed E-state index contributed by atoms with van der Waals surface area (Å²) in [4.78, 5) is 17.0. The van der Waals surface area contributed by atoms with Crippen LogP contribution in [0.4, 0.5) is 0 Å². The molecule has 162 valence electrons. The Kier molecular flexibility index (Phi) is 5.81. The normalized spacial score (nSPS) is 27.8. The zero-order chi connectivity index (χ0) is 20.5. The lowest BCUT2D eigenvalue weighted by Gasteiger charge is -2.37. The van der Waals surface area contributed by atoms with Crippen LogP contribution in [-0.2, 0) is 9.53 Å². The van der Waals surface area contributed by atoms with Crippen molar-refractivity contribution in [2.24, 2.45) is 0 Å². The standard InChI is InChI=1S/C24H32N2O4/c27-20-15-25(16-20)13-14-29-21-9-5-19(6-10-21)26-12-11-23(24(26)28)30-22-7-3-18(4-8-22)17-1-2-17/h3-4,7-8,11,17,19-21,27H,1-2,5-6,9-10,12-16H2. The number of amides is 1. The second kappa shape index (κ2) is 8.69. The summed E-state index contributed by atoms with van der Waals surface area (Å²) in [5.74, 6) is 1.95. The molecule has 2 saturated carbocycles. The molecule has 1 aromatic rings. The van der Waals surface area contributed by atoms with Gasteiger partial charge in [-0.15, -0.1) is 0 Å². The van der Waals surface area contributed by atoms with Crippen molar-refractivity contribution < 1.29 is 19.4 Å². The Morgan fingerprint density at radius 3 is 2.40 bits per heavy atom. The number of aliphatic hydroxyl groups excluding tert-OH is 1. The summed E-state index contributed by atoms with van der Waals surface area (Å²) >= 11 is 0. The van der Waals surface area contributed by atoms with Crippen molar-refractivity contribution in [1.82, 2.24) is 9.80 Å². The first kappa shape index (κ1) is 20.0. The van der Waals surface area contributed by atoms with Crippen LogP contribution in [0.1, 0.15) is 50.0 Å². The third-order valence-corrected chi connectivity index (χ3v) is 6.89. The van der Waals surface area contributed by atoms with Crippen LogP contribution in [0.25, 0.3) is 0 Å². The molecule has 1 N–H and O–H groups in total. The Morgan fingerprint density at radius 2 is 1.73 bits per heavy atom. The number of benzene rings is 1. The molecule has 2 heterocycles. The third-order valence-electron chi connectivity index (χ3n) is 6.89. The van der Waals surface area contributed by atoms with Crippen molar-refractivity contribution >= 4 is 5.91 Å². The number of carbonyl (C=O) groups is 1. The smallest absolute Gasteiger partial charge is 0.289 e. The minimum absolute atomic E-state index is 0.0157. The zero-order valence-corrected chi connectivity index (χ0v) is 17.5. The van der Waals surface area contributed by atoms with E-state index >= 15 is 0 Å². The van der Waals surface area contributed by atoms with Gasteiger partial charge in [0.2, 0.25) is 0 Å². The van der Waals surface area contributed by atoms with Crippen LogP contribution in [0, 0.1) is 0 Å². The molecule has 6 heteroatoms. The molecule has 2 aliphatic carbocycles. The van der Waals surface area contributed by atoms with E-state index < -0.39 is 0 Å². The summed E-state index contributed by atoms with van der Waals surface area (Å²) in [5, 5.41) is 9.33. The Hall–Kier alpha value is -1.89. The molecule has 2 aliphatic heterocycles. The fourth-order valence-electron chi connectivity index (χ4n) is 4.84. The predicted octanol–water partition coefficient (Wildman–Crippen LogP) is 2.67. The zero-order valence-electron chi connectivity index (χ0n) is 17.5. The maximum absolute atomic E-state index is 12.9. The number of likely N-dealkylation sites (tertiary alicyclic amines) is 1. The topological polar surface area (TPSA) is 62.2 Å². The lowest BCUT2D eigenvalue weighted by molar-refractivity contribution is -0.130. The first-order valence-electron chi connectivity index (χ1n) is 11.5. The lowest BCUT2D eigenvalue weighted by Crippen LogP contribution is -2.51. The molecule has 3 fully saturated rings. The molecule has 5 rings (SSSR count). The number of hydrogen-bond acceptors (Lipinski definition) is 5. The lowest BCUT2D eigenvalue weighted by atomic mass is 9.92. The average Bonchev–Trinajstić information content (AvgIpc) is 3.53. The van der Waals surface area contributed by atoms with Crippen molar-refractivity contribution in [2.75, 3.05) is 32.8 Å². The molecule has 4 aliphatic rings. The van der Waals surface area contributed by atoms with E-state index in [-0.39, 0.29) is 18.1 Å². The van der Waals surface area contributed by atoms with E-state index in [1.165, 1.54) is 18.4 Å². The van der Waals surface area contributed by atoms with Gasteiger partial charge in [-0.25, -0.2) is 0 Å². The fourth-order valence-corrected chi connectivity index (χ4v) is 4.84. The van der Waals surface area contributed by atoms with Gasteiger partial charge < -0.3 is 19.5 Å². The largest absolute Gasteiger partial charge is 0.452 e. The molecular weight excluding hydrogens is 380 g/mol. The van der Waals surface area contributed by atoms with Crippen LogP contribution in [0.15, 0.2) is 36.1 Å². The molecular formula is C24H32N2O4. The van der Waals surface area contributed by atoms with Crippen molar-refractivity contribution in [3.05, 3.63) is 41.7 Å².